The number of methoxy groups -OCH3 is 1. The number of rotatable bonds is 8. The van der Waals surface area contributed by atoms with Crippen molar-refractivity contribution in [1.29, 1.82) is 0 Å². The van der Waals surface area contributed by atoms with Gasteiger partial charge in [-0.05, 0) is 37.1 Å². The molecule has 2 rings (SSSR count). The third kappa shape index (κ3) is 5.57. The Morgan fingerprint density at radius 3 is 2.61 bits per heavy atom. The molecule has 1 aromatic carbocycles. The second-order valence-corrected chi connectivity index (χ2v) is 7.16. The van der Waals surface area contributed by atoms with Gasteiger partial charge in [0.05, 0.1) is 18.6 Å². The number of hydrogen-bond acceptors (Lipinski definition) is 5. The van der Waals surface area contributed by atoms with Crippen LogP contribution in [0.2, 0.25) is 0 Å². The molecule has 1 fully saturated rings. The van der Waals surface area contributed by atoms with Gasteiger partial charge in [0.1, 0.15) is 24.7 Å². The minimum atomic E-state index is -1.03. The summed E-state index contributed by atoms with van der Waals surface area (Å²) in [6.07, 6.45) is 0.251. The number of Topliss-reactive ketones (excluding diaryl/α,β-unsaturated/α-hetero) is 1. The van der Waals surface area contributed by atoms with Crippen molar-refractivity contribution in [3.05, 3.63) is 29.3 Å². The molecule has 4 atom stereocenters. The smallest absolute Gasteiger partial charge is 0.329 e. The van der Waals surface area contributed by atoms with E-state index < -0.39 is 5.97 Å². The highest BCUT2D eigenvalue weighted by atomic mass is 16.5. The number of aliphatic carboxylic acids is 1. The van der Waals surface area contributed by atoms with E-state index in [9.17, 15) is 9.59 Å². The molecule has 0 bridgehead atoms. The van der Waals surface area contributed by atoms with Gasteiger partial charge in [-0.1, -0.05) is 18.9 Å². The van der Waals surface area contributed by atoms with Crippen LogP contribution in [0, 0.1) is 43.4 Å². The first-order valence-electron chi connectivity index (χ1n) is 9.37. The Kier molecular flexibility index (Phi) is 8.04. The molecule has 1 aliphatic rings. The normalized spacial score (nSPS) is 23.9. The van der Waals surface area contributed by atoms with E-state index in [1.165, 1.54) is 5.56 Å². The van der Waals surface area contributed by atoms with Crippen LogP contribution >= 0.6 is 0 Å². The molecule has 2 unspecified atom stereocenters. The maximum absolute atomic E-state index is 12.7. The first-order valence-corrected chi connectivity index (χ1v) is 9.37. The standard InChI is InChI=1S/C22H28O6/c1-14-8-9-17(11-15(14)2)28-12-19-18(22(26-4)16(3)21(19)25)7-5-6-10-27-13-20(23)24/h8-9,11,16,18-19,22H,7,10,12-13H2,1-4H3,(H,23,24)/t16?,18-,19-,22?/m1/s1. The van der Waals surface area contributed by atoms with Gasteiger partial charge >= 0.3 is 5.97 Å². The van der Waals surface area contributed by atoms with Gasteiger partial charge in [-0.15, -0.1) is 5.92 Å². The zero-order chi connectivity index (χ0) is 20.7. The Labute approximate surface area is 166 Å². The number of ether oxygens (including phenoxy) is 3. The molecule has 28 heavy (non-hydrogen) atoms. The van der Waals surface area contributed by atoms with Crippen LogP contribution in [0.15, 0.2) is 18.2 Å². The number of hydrogen-bond donors (Lipinski definition) is 1. The maximum atomic E-state index is 12.7. The van der Waals surface area contributed by atoms with Crippen LogP contribution in [0.25, 0.3) is 0 Å². The van der Waals surface area contributed by atoms with Crippen molar-refractivity contribution in [3.8, 4) is 17.6 Å². The van der Waals surface area contributed by atoms with Gasteiger partial charge in [0.25, 0.3) is 0 Å². The van der Waals surface area contributed by atoms with Gasteiger partial charge in [-0.2, -0.15) is 0 Å². The van der Waals surface area contributed by atoms with E-state index >= 15 is 0 Å². The van der Waals surface area contributed by atoms with Crippen LogP contribution in [0.5, 0.6) is 5.75 Å². The third-order valence-electron chi connectivity index (χ3n) is 5.29. The van der Waals surface area contributed by atoms with E-state index in [-0.39, 0.29) is 49.5 Å². The van der Waals surface area contributed by atoms with Gasteiger partial charge in [0.2, 0.25) is 0 Å². The average molecular weight is 388 g/mol. The zero-order valence-corrected chi connectivity index (χ0v) is 16.9. The summed E-state index contributed by atoms with van der Waals surface area (Å²) in [6, 6.07) is 5.88. The van der Waals surface area contributed by atoms with Crippen molar-refractivity contribution in [2.45, 2.75) is 33.3 Å². The lowest BCUT2D eigenvalue weighted by Crippen LogP contribution is -2.27. The van der Waals surface area contributed by atoms with E-state index in [0.29, 0.717) is 6.42 Å². The summed E-state index contributed by atoms with van der Waals surface area (Å²) < 4.78 is 16.4. The van der Waals surface area contributed by atoms with E-state index in [0.717, 1.165) is 11.3 Å². The van der Waals surface area contributed by atoms with Gasteiger partial charge in [-0.25, -0.2) is 4.79 Å². The maximum Gasteiger partial charge on any atom is 0.329 e. The molecule has 6 nitrogen and oxygen atoms in total. The summed E-state index contributed by atoms with van der Waals surface area (Å²) in [4.78, 5) is 23.2. The molecular formula is C22H28O6. The van der Waals surface area contributed by atoms with Crippen molar-refractivity contribution in [3.63, 3.8) is 0 Å². The summed E-state index contributed by atoms with van der Waals surface area (Å²) in [6.45, 7) is 5.90. The van der Waals surface area contributed by atoms with Crippen molar-refractivity contribution in [1.82, 2.24) is 0 Å². The highest BCUT2D eigenvalue weighted by molar-refractivity contribution is 5.86. The molecule has 1 saturated carbocycles. The van der Waals surface area contributed by atoms with E-state index in [2.05, 4.69) is 11.8 Å². The predicted molar refractivity (Wildman–Crippen MR) is 104 cm³/mol. The second-order valence-electron chi connectivity index (χ2n) is 7.16. The van der Waals surface area contributed by atoms with E-state index in [1.807, 2.05) is 39.0 Å². The fourth-order valence-electron chi connectivity index (χ4n) is 3.57. The van der Waals surface area contributed by atoms with Gasteiger partial charge < -0.3 is 19.3 Å². The topological polar surface area (TPSA) is 82.1 Å². The van der Waals surface area contributed by atoms with Crippen LogP contribution in [-0.2, 0) is 19.1 Å². The lowest BCUT2D eigenvalue weighted by Gasteiger charge is -2.22. The molecule has 1 N–H and O–H groups in total. The number of carboxylic acid groups (broad SMARTS) is 1. The average Bonchev–Trinajstić information content (AvgIpc) is 2.88. The van der Waals surface area contributed by atoms with Crippen LogP contribution in [0.1, 0.15) is 24.5 Å². The summed E-state index contributed by atoms with van der Waals surface area (Å²) in [5, 5.41) is 8.55. The second kappa shape index (κ2) is 10.3. The first-order chi connectivity index (χ1) is 13.3. The molecule has 1 aliphatic carbocycles. The Morgan fingerprint density at radius 1 is 1.21 bits per heavy atom. The summed E-state index contributed by atoms with van der Waals surface area (Å²) in [5.41, 5.74) is 2.33. The molecule has 0 amide bonds. The van der Waals surface area contributed by atoms with Crippen molar-refractivity contribution in [2.75, 3.05) is 26.9 Å². The molecule has 0 aliphatic heterocycles. The fourth-order valence-corrected chi connectivity index (χ4v) is 3.57. The molecule has 6 heteroatoms. The lowest BCUT2D eigenvalue weighted by molar-refractivity contribution is -0.141. The Hall–Kier alpha value is -2.36. The highest BCUT2D eigenvalue weighted by Crippen LogP contribution is 2.38. The minimum Gasteiger partial charge on any atom is -0.493 e. The highest BCUT2D eigenvalue weighted by Gasteiger charge is 2.47. The van der Waals surface area contributed by atoms with Crippen LogP contribution in [0.3, 0.4) is 0 Å². The molecular weight excluding hydrogens is 360 g/mol. The predicted octanol–water partition coefficient (Wildman–Crippen LogP) is 2.64. The van der Waals surface area contributed by atoms with Crippen LogP contribution in [-0.4, -0.2) is 49.9 Å². The number of carbonyl (C=O) groups excluding carboxylic acids is 1. The van der Waals surface area contributed by atoms with Crippen molar-refractivity contribution in [2.24, 2.45) is 17.8 Å². The molecule has 1 aromatic rings. The molecule has 0 radical (unpaired) electrons. The molecule has 0 spiro atoms. The first kappa shape index (κ1) is 21.9. The van der Waals surface area contributed by atoms with Crippen molar-refractivity contribution < 1.29 is 28.9 Å². The number of ketones is 1. The quantitative estimate of drug-likeness (QED) is 0.545. The number of carboxylic acids is 1. The van der Waals surface area contributed by atoms with Crippen molar-refractivity contribution >= 4 is 11.8 Å². The Balaban J connectivity index is 2.02. The summed E-state index contributed by atoms with van der Waals surface area (Å²) in [7, 11) is 1.61. The van der Waals surface area contributed by atoms with Gasteiger partial charge in [0, 0.05) is 25.4 Å². The van der Waals surface area contributed by atoms with E-state index in [4.69, 9.17) is 19.3 Å². The van der Waals surface area contributed by atoms with Crippen LogP contribution in [0.4, 0.5) is 0 Å². The van der Waals surface area contributed by atoms with Crippen LogP contribution < -0.4 is 4.74 Å². The zero-order valence-electron chi connectivity index (χ0n) is 16.9. The third-order valence-corrected chi connectivity index (χ3v) is 5.29. The Morgan fingerprint density at radius 2 is 1.96 bits per heavy atom. The fraction of sp³-hybridized carbons (Fsp3) is 0.545. The SMILES string of the molecule is COC1C(C)C(=O)[C@H](COc2ccc(C)c(C)c2)[C@H]1CC#CCOCC(=O)O. The van der Waals surface area contributed by atoms with Gasteiger partial charge in [-0.3, -0.25) is 4.79 Å². The number of carbonyl (C=O) groups is 2. The Bertz CT molecular complexity index is 760. The largest absolute Gasteiger partial charge is 0.493 e. The minimum absolute atomic E-state index is 0.0456. The molecule has 0 saturated heterocycles. The van der Waals surface area contributed by atoms with E-state index in [1.54, 1.807) is 7.11 Å². The summed E-state index contributed by atoms with van der Waals surface area (Å²) in [5.74, 6) is 5.06. The molecule has 152 valence electrons. The summed E-state index contributed by atoms with van der Waals surface area (Å²) >= 11 is 0. The monoisotopic (exact) mass is 388 g/mol. The lowest BCUT2D eigenvalue weighted by atomic mass is 9.91. The molecule has 0 aromatic heterocycles. The molecule has 0 heterocycles. The number of aryl methyl sites for hydroxylation is 2. The number of benzene rings is 1. The van der Waals surface area contributed by atoms with Gasteiger partial charge in [0.15, 0.2) is 0 Å².